The lowest BCUT2D eigenvalue weighted by Gasteiger charge is -2.20. The molecule has 1 unspecified atom stereocenters. The minimum atomic E-state index is -4.27. The van der Waals surface area contributed by atoms with Gasteiger partial charge in [0, 0.05) is 24.8 Å². The summed E-state index contributed by atoms with van der Waals surface area (Å²) >= 11 is 0. The second-order valence-corrected chi connectivity index (χ2v) is 10.6. The highest BCUT2D eigenvalue weighted by molar-refractivity contribution is 7.85. The first-order valence-corrected chi connectivity index (χ1v) is 13.5. The first-order valence-electron chi connectivity index (χ1n) is 12.0. The summed E-state index contributed by atoms with van der Waals surface area (Å²) in [5, 5.41) is 6.49. The van der Waals surface area contributed by atoms with Gasteiger partial charge in [0.25, 0.3) is 5.56 Å². The average Bonchev–Trinajstić information content (AvgIpc) is 3.27. The van der Waals surface area contributed by atoms with Crippen molar-refractivity contribution in [2.45, 2.75) is 44.0 Å². The average molecular weight is 505 g/mol. The van der Waals surface area contributed by atoms with Gasteiger partial charge in [-0.2, -0.15) is 9.78 Å². The minimum Gasteiger partial charge on any atom is -0.744 e. The maximum Gasteiger partial charge on any atom is 0.271 e. The van der Waals surface area contributed by atoms with E-state index in [1.807, 2.05) is 19.1 Å². The fourth-order valence-corrected chi connectivity index (χ4v) is 4.89. The quantitative estimate of drug-likeness (QED) is 0.376. The largest absolute Gasteiger partial charge is 0.744 e. The van der Waals surface area contributed by atoms with E-state index in [-0.39, 0.29) is 10.5 Å². The topological polar surface area (TPSA) is 95.3 Å². The summed E-state index contributed by atoms with van der Waals surface area (Å²) in [6.45, 7) is 6.51. The van der Waals surface area contributed by atoms with Crippen molar-refractivity contribution in [3.05, 3.63) is 100 Å². The molecule has 0 bridgehead atoms. The molecule has 1 aliphatic heterocycles. The highest BCUT2D eigenvalue weighted by atomic mass is 32.2. The second kappa shape index (κ2) is 11.2. The molecule has 36 heavy (non-hydrogen) atoms. The summed E-state index contributed by atoms with van der Waals surface area (Å²) in [4.78, 5) is 14.3. The molecule has 1 fully saturated rings. The molecule has 0 spiro atoms. The lowest BCUT2D eigenvalue weighted by Crippen LogP contribution is -2.28. The van der Waals surface area contributed by atoms with Crippen molar-refractivity contribution in [3.63, 3.8) is 0 Å². The monoisotopic (exact) mass is 504 g/mol. The highest BCUT2D eigenvalue weighted by Crippen LogP contribution is 2.21. The van der Waals surface area contributed by atoms with Gasteiger partial charge in [0.15, 0.2) is 0 Å². The normalized spacial score (nSPS) is 16.0. The third kappa shape index (κ3) is 6.46. The first-order chi connectivity index (χ1) is 17.2. The Kier molecular flexibility index (Phi) is 7.98. The van der Waals surface area contributed by atoms with Crippen LogP contribution in [0.5, 0.6) is 0 Å². The third-order valence-electron chi connectivity index (χ3n) is 6.54. The van der Waals surface area contributed by atoms with Gasteiger partial charge in [-0.3, -0.25) is 4.79 Å². The van der Waals surface area contributed by atoms with Gasteiger partial charge in [-0.05, 0) is 86.3 Å². The van der Waals surface area contributed by atoms with Crippen LogP contribution in [0.4, 0.5) is 0 Å². The van der Waals surface area contributed by atoms with Crippen LogP contribution in [0.15, 0.2) is 88.7 Å². The number of nitrogens with zero attached hydrogens (tertiary/aromatic N) is 3. The molecular formula is C28H30N3O4S-. The number of hydrogen-bond acceptors (Lipinski definition) is 6. The molecular weight excluding hydrogens is 474 g/mol. The Hall–Kier alpha value is -3.33. The van der Waals surface area contributed by atoms with Gasteiger partial charge >= 0.3 is 0 Å². The summed E-state index contributed by atoms with van der Waals surface area (Å²) < 4.78 is 32.6. The van der Waals surface area contributed by atoms with Gasteiger partial charge in [0.05, 0.1) is 10.6 Å². The van der Waals surface area contributed by atoms with E-state index in [1.165, 1.54) is 53.2 Å². The number of aromatic nitrogens is 2. The molecule has 1 saturated heterocycles. The SMILES string of the molecule is CC1CCCN1CCc1ccc2cc(-n3ncccc3=O)ccc2c1.Cc1ccc(S(=O)(=O)[O-])cc1. The molecule has 1 aromatic heterocycles. The van der Waals surface area contributed by atoms with Crippen LogP contribution in [0.25, 0.3) is 16.5 Å². The Labute approximate surface area is 211 Å². The van der Waals surface area contributed by atoms with E-state index in [0.717, 1.165) is 35.6 Å². The van der Waals surface area contributed by atoms with Crippen LogP contribution in [-0.4, -0.2) is 46.8 Å². The van der Waals surface area contributed by atoms with Crippen molar-refractivity contribution >= 4 is 20.9 Å². The van der Waals surface area contributed by atoms with Crippen LogP contribution in [0, 0.1) is 6.92 Å². The molecule has 188 valence electrons. The molecule has 4 aromatic rings. The fourth-order valence-electron chi connectivity index (χ4n) is 4.42. The zero-order chi connectivity index (χ0) is 25.7. The molecule has 5 rings (SSSR count). The summed E-state index contributed by atoms with van der Waals surface area (Å²) in [6.07, 6.45) is 5.37. The van der Waals surface area contributed by atoms with Crippen LogP contribution in [0.2, 0.25) is 0 Å². The van der Waals surface area contributed by atoms with Crippen molar-refractivity contribution in [1.82, 2.24) is 14.7 Å². The molecule has 7 nitrogen and oxygen atoms in total. The van der Waals surface area contributed by atoms with Gasteiger partial charge in [-0.25, -0.2) is 8.42 Å². The van der Waals surface area contributed by atoms with Crippen LogP contribution in [-0.2, 0) is 16.5 Å². The molecule has 1 atom stereocenters. The molecule has 8 heteroatoms. The lowest BCUT2D eigenvalue weighted by molar-refractivity contribution is 0.272. The first kappa shape index (κ1) is 25.8. The molecule has 3 aromatic carbocycles. The van der Waals surface area contributed by atoms with Crippen LogP contribution in [0.1, 0.15) is 30.9 Å². The van der Waals surface area contributed by atoms with Crippen LogP contribution in [0.3, 0.4) is 0 Å². The Morgan fingerprint density at radius 2 is 1.72 bits per heavy atom. The van der Waals surface area contributed by atoms with Gasteiger partial charge in [-0.1, -0.05) is 42.0 Å². The molecule has 0 amide bonds. The molecule has 0 saturated carbocycles. The van der Waals surface area contributed by atoms with Crippen molar-refractivity contribution in [2.24, 2.45) is 0 Å². The van der Waals surface area contributed by atoms with E-state index in [4.69, 9.17) is 0 Å². The standard InChI is InChI=1S/C21H23N3O.C7H8O3S/c1-16-4-3-12-23(16)13-10-17-6-7-19-15-20(9-8-18(19)14-17)24-21(25)5-2-11-22-24;1-6-2-4-7(5-3-6)11(8,9)10/h2,5-9,11,14-16H,3-4,10,12-13H2,1H3;2-5H,1H3,(H,8,9,10)/p-1. The molecule has 0 radical (unpaired) electrons. The smallest absolute Gasteiger partial charge is 0.271 e. The summed E-state index contributed by atoms with van der Waals surface area (Å²) in [6, 6.07) is 22.4. The van der Waals surface area contributed by atoms with Gasteiger partial charge in [0.1, 0.15) is 10.1 Å². The number of likely N-dealkylation sites (tertiary alicyclic amines) is 1. The molecule has 2 heterocycles. The Morgan fingerprint density at radius 3 is 2.39 bits per heavy atom. The molecule has 0 N–H and O–H groups in total. The van der Waals surface area contributed by atoms with Gasteiger partial charge < -0.3 is 9.45 Å². The second-order valence-electron chi connectivity index (χ2n) is 9.18. The maximum atomic E-state index is 11.9. The van der Waals surface area contributed by atoms with E-state index >= 15 is 0 Å². The highest BCUT2D eigenvalue weighted by Gasteiger charge is 2.19. The number of aryl methyl sites for hydroxylation is 1. The van der Waals surface area contributed by atoms with Gasteiger partial charge in [-0.15, -0.1) is 0 Å². The third-order valence-corrected chi connectivity index (χ3v) is 7.39. The van der Waals surface area contributed by atoms with Crippen molar-refractivity contribution in [2.75, 3.05) is 13.1 Å². The predicted molar refractivity (Wildman–Crippen MR) is 140 cm³/mol. The van der Waals surface area contributed by atoms with E-state index in [2.05, 4.69) is 41.2 Å². The number of fused-ring (bicyclic) bond motifs is 1. The number of hydrogen-bond donors (Lipinski definition) is 0. The maximum absolute atomic E-state index is 11.9. The van der Waals surface area contributed by atoms with E-state index < -0.39 is 10.1 Å². The lowest BCUT2D eigenvalue weighted by atomic mass is 10.0. The van der Waals surface area contributed by atoms with Crippen molar-refractivity contribution < 1.29 is 13.0 Å². The van der Waals surface area contributed by atoms with Crippen molar-refractivity contribution in [1.29, 1.82) is 0 Å². The zero-order valence-electron chi connectivity index (χ0n) is 20.5. The summed E-state index contributed by atoms with van der Waals surface area (Å²) in [5.74, 6) is 0. The fraction of sp³-hybridized carbons (Fsp3) is 0.286. The Bertz CT molecular complexity index is 1500. The summed E-state index contributed by atoms with van der Waals surface area (Å²) in [5.41, 5.74) is 2.99. The summed E-state index contributed by atoms with van der Waals surface area (Å²) in [7, 11) is -4.27. The minimum absolute atomic E-state index is 0.113. The van der Waals surface area contributed by atoms with Crippen molar-refractivity contribution in [3.8, 4) is 5.69 Å². The van der Waals surface area contributed by atoms with Gasteiger partial charge in [0.2, 0.25) is 0 Å². The Morgan fingerprint density at radius 1 is 1.00 bits per heavy atom. The zero-order valence-corrected chi connectivity index (χ0v) is 21.3. The number of benzene rings is 3. The molecule has 0 aliphatic carbocycles. The predicted octanol–water partition coefficient (Wildman–Crippen LogP) is 4.31. The van der Waals surface area contributed by atoms with E-state index in [9.17, 15) is 17.8 Å². The van der Waals surface area contributed by atoms with E-state index in [0.29, 0.717) is 0 Å². The van der Waals surface area contributed by atoms with Crippen LogP contribution < -0.4 is 5.56 Å². The molecule has 1 aliphatic rings. The number of rotatable bonds is 5. The Balaban J connectivity index is 0.000000233. The van der Waals surface area contributed by atoms with E-state index in [1.54, 1.807) is 24.4 Å². The van der Waals surface area contributed by atoms with Crippen LogP contribution >= 0.6 is 0 Å².